The van der Waals surface area contributed by atoms with Crippen LogP contribution in [0.1, 0.15) is 21.6 Å². The zero-order valence-corrected chi connectivity index (χ0v) is 15.0. The van der Waals surface area contributed by atoms with Crippen molar-refractivity contribution in [3.8, 4) is 11.4 Å². The van der Waals surface area contributed by atoms with Crippen LogP contribution in [-0.4, -0.2) is 37.3 Å². The minimum atomic E-state index is -0.142. The smallest absolute Gasteiger partial charge is 0.254 e. The summed E-state index contributed by atoms with van der Waals surface area (Å²) in [5.41, 5.74) is 3.50. The molecule has 28 heavy (non-hydrogen) atoms. The fourth-order valence-corrected chi connectivity index (χ4v) is 3.62. The Labute approximate surface area is 160 Å². The van der Waals surface area contributed by atoms with E-state index in [2.05, 4.69) is 19.9 Å². The van der Waals surface area contributed by atoms with E-state index in [-0.39, 0.29) is 11.5 Å². The molecule has 1 amide bonds. The molecule has 0 bridgehead atoms. The van der Waals surface area contributed by atoms with Crippen LogP contribution in [0, 0.1) is 0 Å². The number of aromatic amines is 2. The van der Waals surface area contributed by atoms with E-state index < -0.39 is 0 Å². The van der Waals surface area contributed by atoms with Crippen LogP contribution in [-0.2, 0) is 13.0 Å². The summed E-state index contributed by atoms with van der Waals surface area (Å²) in [6, 6.07) is 11.2. The van der Waals surface area contributed by atoms with Crippen molar-refractivity contribution in [2.24, 2.45) is 0 Å². The van der Waals surface area contributed by atoms with Gasteiger partial charge in [0, 0.05) is 47.3 Å². The summed E-state index contributed by atoms with van der Waals surface area (Å²) in [6.45, 7) is 0.812. The lowest BCUT2D eigenvalue weighted by Crippen LogP contribution is -2.39. The molecule has 0 saturated heterocycles. The molecule has 0 fully saturated rings. The number of carbonyl (C=O) groups excluding carboxylic acids is 1. The molecule has 2 N–H and O–H groups in total. The predicted molar refractivity (Wildman–Crippen MR) is 105 cm³/mol. The largest absolute Gasteiger partial charge is 0.361 e. The third-order valence-corrected chi connectivity index (χ3v) is 5.12. The van der Waals surface area contributed by atoms with Crippen molar-refractivity contribution in [1.29, 1.82) is 0 Å². The topological polar surface area (TPSA) is 94.7 Å². The molecule has 1 aromatic carbocycles. The van der Waals surface area contributed by atoms with E-state index in [1.807, 2.05) is 30.5 Å². The summed E-state index contributed by atoms with van der Waals surface area (Å²) in [4.78, 5) is 41.8. The second-order valence-electron chi connectivity index (χ2n) is 6.83. The van der Waals surface area contributed by atoms with Crippen LogP contribution >= 0.6 is 0 Å². The van der Waals surface area contributed by atoms with Gasteiger partial charge in [-0.25, -0.2) is 4.98 Å². The Hall–Kier alpha value is -3.74. The van der Waals surface area contributed by atoms with Crippen molar-refractivity contribution in [3.63, 3.8) is 0 Å². The highest BCUT2D eigenvalue weighted by atomic mass is 16.2. The third kappa shape index (κ3) is 2.77. The minimum Gasteiger partial charge on any atom is -0.361 e. The Morgan fingerprint density at radius 2 is 1.96 bits per heavy atom. The number of nitrogens with zero attached hydrogens (tertiary/aromatic N) is 3. The van der Waals surface area contributed by atoms with E-state index in [1.54, 1.807) is 29.4 Å². The molecule has 1 aliphatic rings. The first-order valence-corrected chi connectivity index (χ1v) is 9.08. The van der Waals surface area contributed by atoms with E-state index in [1.165, 1.54) is 0 Å². The molecular formula is C21H17N5O2. The molecule has 7 heteroatoms. The number of hydrogen-bond acceptors (Lipinski definition) is 4. The number of hydrogen-bond donors (Lipinski definition) is 2. The van der Waals surface area contributed by atoms with Gasteiger partial charge in [0.05, 0.1) is 12.2 Å². The highest BCUT2D eigenvalue weighted by molar-refractivity contribution is 5.98. The van der Waals surface area contributed by atoms with Gasteiger partial charge in [-0.05, 0) is 42.1 Å². The third-order valence-electron chi connectivity index (χ3n) is 5.12. The highest BCUT2D eigenvalue weighted by Crippen LogP contribution is 2.21. The number of rotatable bonds is 2. The zero-order valence-electron chi connectivity index (χ0n) is 15.0. The summed E-state index contributed by atoms with van der Waals surface area (Å²) in [5.74, 6) is 0.433. The molecule has 5 rings (SSSR count). The number of aromatic nitrogens is 4. The second-order valence-corrected chi connectivity index (χ2v) is 6.83. The fourth-order valence-electron chi connectivity index (χ4n) is 3.62. The zero-order chi connectivity index (χ0) is 19.1. The number of H-pyrrole nitrogens is 2. The number of carbonyl (C=O) groups is 1. The van der Waals surface area contributed by atoms with Crippen LogP contribution < -0.4 is 5.56 Å². The lowest BCUT2D eigenvalue weighted by Gasteiger charge is -2.28. The summed E-state index contributed by atoms with van der Waals surface area (Å²) in [5, 5.41) is 1.07. The molecule has 0 radical (unpaired) electrons. The van der Waals surface area contributed by atoms with E-state index in [0.717, 1.165) is 16.5 Å². The van der Waals surface area contributed by atoms with Crippen LogP contribution in [0.3, 0.4) is 0 Å². The first-order valence-electron chi connectivity index (χ1n) is 9.08. The Bertz CT molecular complexity index is 1240. The van der Waals surface area contributed by atoms with Crippen LogP contribution in [0.5, 0.6) is 0 Å². The van der Waals surface area contributed by atoms with Gasteiger partial charge in [-0.1, -0.05) is 6.07 Å². The second kappa shape index (κ2) is 6.45. The van der Waals surface area contributed by atoms with Gasteiger partial charge in [0.15, 0.2) is 0 Å². The monoisotopic (exact) mass is 371 g/mol. The van der Waals surface area contributed by atoms with Gasteiger partial charge in [-0.3, -0.25) is 14.6 Å². The Kier molecular flexibility index (Phi) is 3.79. The van der Waals surface area contributed by atoms with Gasteiger partial charge in [0.2, 0.25) is 0 Å². The van der Waals surface area contributed by atoms with Crippen molar-refractivity contribution in [1.82, 2.24) is 24.8 Å². The van der Waals surface area contributed by atoms with Crippen molar-refractivity contribution in [3.05, 3.63) is 82.2 Å². The molecule has 7 nitrogen and oxygen atoms in total. The molecule has 4 heterocycles. The molecule has 3 aromatic heterocycles. The molecule has 0 atom stereocenters. The van der Waals surface area contributed by atoms with E-state index in [0.29, 0.717) is 42.2 Å². The molecule has 0 aliphatic carbocycles. The van der Waals surface area contributed by atoms with Gasteiger partial charge in [0.25, 0.3) is 11.5 Å². The standard InChI is InChI=1S/C21H17N5O2/c27-20-16-6-10-26(21(28)15-2-1-13-5-9-23-17(13)11-15)12-18(16)24-19(25-20)14-3-7-22-8-4-14/h1-5,7-9,11,23H,6,10,12H2,(H,24,25,27). The summed E-state index contributed by atoms with van der Waals surface area (Å²) >= 11 is 0. The molecule has 0 saturated carbocycles. The average molecular weight is 371 g/mol. The molecular weight excluding hydrogens is 354 g/mol. The van der Waals surface area contributed by atoms with Crippen molar-refractivity contribution in [2.75, 3.05) is 6.54 Å². The van der Waals surface area contributed by atoms with E-state index in [9.17, 15) is 9.59 Å². The Morgan fingerprint density at radius 3 is 2.82 bits per heavy atom. The SMILES string of the molecule is O=C(c1ccc2cc[nH]c2c1)N1CCc2c(nc(-c3ccncc3)[nH]c2=O)C1. The van der Waals surface area contributed by atoms with Crippen LogP contribution in [0.25, 0.3) is 22.3 Å². The number of benzene rings is 1. The molecule has 4 aromatic rings. The number of pyridine rings is 1. The van der Waals surface area contributed by atoms with E-state index >= 15 is 0 Å². The molecule has 0 spiro atoms. The summed E-state index contributed by atoms with van der Waals surface area (Å²) < 4.78 is 0. The van der Waals surface area contributed by atoms with Gasteiger partial charge >= 0.3 is 0 Å². The number of amides is 1. The molecule has 0 unspecified atom stereocenters. The minimum absolute atomic E-state index is 0.0605. The molecule has 138 valence electrons. The van der Waals surface area contributed by atoms with Gasteiger partial charge in [-0.15, -0.1) is 0 Å². The van der Waals surface area contributed by atoms with Crippen molar-refractivity contribution >= 4 is 16.8 Å². The fraction of sp³-hybridized carbons (Fsp3) is 0.143. The van der Waals surface area contributed by atoms with Crippen LogP contribution in [0.2, 0.25) is 0 Å². The normalized spacial score (nSPS) is 13.5. The first-order chi connectivity index (χ1) is 13.7. The van der Waals surface area contributed by atoms with Gasteiger partial charge in [0.1, 0.15) is 5.82 Å². The highest BCUT2D eigenvalue weighted by Gasteiger charge is 2.25. The van der Waals surface area contributed by atoms with E-state index in [4.69, 9.17) is 0 Å². The quantitative estimate of drug-likeness (QED) is 0.566. The number of nitrogens with one attached hydrogen (secondary N) is 2. The van der Waals surface area contributed by atoms with Gasteiger partial charge < -0.3 is 14.9 Å². The first kappa shape index (κ1) is 16.4. The Balaban J connectivity index is 1.47. The maximum Gasteiger partial charge on any atom is 0.254 e. The number of fused-ring (bicyclic) bond motifs is 2. The molecule has 1 aliphatic heterocycles. The van der Waals surface area contributed by atoms with Crippen LogP contribution in [0.4, 0.5) is 0 Å². The summed E-state index contributed by atoms with van der Waals surface area (Å²) in [6.07, 6.45) is 5.65. The predicted octanol–water partition coefficient (Wildman–Crippen LogP) is 2.51. The maximum absolute atomic E-state index is 13.0. The lowest BCUT2D eigenvalue weighted by atomic mass is 10.0. The van der Waals surface area contributed by atoms with Gasteiger partial charge in [-0.2, -0.15) is 0 Å². The maximum atomic E-state index is 13.0. The van der Waals surface area contributed by atoms with Crippen LogP contribution in [0.15, 0.2) is 59.8 Å². The summed E-state index contributed by atoms with van der Waals surface area (Å²) in [7, 11) is 0. The van der Waals surface area contributed by atoms with Crippen molar-refractivity contribution < 1.29 is 4.79 Å². The Morgan fingerprint density at radius 1 is 1.11 bits per heavy atom. The average Bonchev–Trinajstić information content (AvgIpc) is 3.21. The lowest BCUT2D eigenvalue weighted by molar-refractivity contribution is 0.0731. The van der Waals surface area contributed by atoms with Crippen molar-refractivity contribution in [2.45, 2.75) is 13.0 Å².